The molecule has 0 aromatic heterocycles. The number of hydrogen-bond donors (Lipinski definition) is 1. The molecule has 0 aliphatic carbocycles. The van der Waals surface area contributed by atoms with Crippen molar-refractivity contribution in [3.63, 3.8) is 0 Å². The normalized spacial score (nSPS) is 24.3. The van der Waals surface area contributed by atoms with Gasteiger partial charge in [-0.1, -0.05) is 6.92 Å². The predicted octanol–water partition coefficient (Wildman–Crippen LogP) is 4.43. The van der Waals surface area contributed by atoms with Crippen molar-refractivity contribution in [1.82, 2.24) is 5.32 Å². The Morgan fingerprint density at radius 1 is 1.38 bits per heavy atom. The van der Waals surface area contributed by atoms with Crippen LogP contribution in [0.3, 0.4) is 0 Å². The number of aryl methyl sites for hydroxylation is 1. The first kappa shape index (κ1) is 17.1. The second-order valence-electron chi connectivity index (χ2n) is 7.28. The smallest absolute Gasteiger partial charge is 0.290 e. The minimum atomic E-state index is -0.300. The Labute approximate surface area is 147 Å². The van der Waals surface area contributed by atoms with E-state index in [1.807, 2.05) is 6.08 Å². The first-order valence-corrected chi connectivity index (χ1v) is 9.21. The van der Waals surface area contributed by atoms with Crippen molar-refractivity contribution in [3.8, 4) is 0 Å². The summed E-state index contributed by atoms with van der Waals surface area (Å²) in [6.45, 7) is 12.1. The van der Waals surface area contributed by atoms with Gasteiger partial charge in [-0.25, -0.2) is 0 Å². The topological polar surface area (TPSA) is 49.4 Å². The molecule has 1 fully saturated rings. The van der Waals surface area contributed by atoms with Crippen molar-refractivity contribution in [2.24, 2.45) is 0 Å². The van der Waals surface area contributed by atoms with Crippen LogP contribution in [-0.4, -0.2) is 23.2 Å². The van der Waals surface area contributed by atoms with Gasteiger partial charge in [0.25, 0.3) is 11.1 Å². The van der Waals surface area contributed by atoms with Crippen LogP contribution in [0.2, 0.25) is 0 Å². The van der Waals surface area contributed by atoms with Gasteiger partial charge in [0.1, 0.15) is 0 Å². The first-order valence-electron chi connectivity index (χ1n) is 8.40. The number of anilines is 1. The van der Waals surface area contributed by atoms with Crippen molar-refractivity contribution in [3.05, 3.63) is 33.7 Å². The molecular formula is C19H24N2O2S. The van der Waals surface area contributed by atoms with Gasteiger partial charge < -0.3 is 4.90 Å². The zero-order valence-electron chi connectivity index (χ0n) is 14.9. The molecule has 1 N–H and O–H groups in total. The Balaban J connectivity index is 2.08. The van der Waals surface area contributed by atoms with Crippen LogP contribution >= 0.6 is 11.8 Å². The zero-order chi connectivity index (χ0) is 17.6. The molecule has 1 aromatic carbocycles. The van der Waals surface area contributed by atoms with E-state index >= 15 is 0 Å². The van der Waals surface area contributed by atoms with Crippen LogP contribution in [0.5, 0.6) is 0 Å². The van der Waals surface area contributed by atoms with Crippen molar-refractivity contribution in [1.29, 1.82) is 0 Å². The van der Waals surface area contributed by atoms with Crippen LogP contribution in [0.25, 0.3) is 6.08 Å². The summed E-state index contributed by atoms with van der Waals surface area (Å²) < 4.78 is 0. The van der Waals surface area contributed by atoms with Crippen LogP contribution in [-0.2, 0) is 4.79 Å². The molecule has 3 rings (SSSR count). The van der Waals surface area contributed by atoms with Crippen LogP contribution in [0.4, 0.5) is 10.5 Å². The van der Waals surface area contributed by atoms with E-state index in [4.69, 9.17) is 0 Å². The largest absolute Gasteiger partial charge is 0.366 e. The molecule has 2 amide bonds. The van der Waals surface area contributed by atoms with E-state index in [-0.39, 0.29) is 16.7 Å². The van der Waals surface area contributed by atoms with Gasteiger partial charge in [0, 0.05) is 17.8 Å². The molecule has 0 radical (unpaired) electrons. The molecule has 5 heteroatoms. The Bertz CT molecular complexity index is 752. The fourth-order valence-corrected chi connectivity index (χ4v) is 4.64. The molecule has 24 heavy (non-hydrogen) atoms. The van der Waals surface area contributed by atoms with E-state index < -0.39 is 0 Å². The summed E-state index contributed by atoms with van der Waals surface area (Å²) >= 11 is 0.971. The van der Waals surface area contributed by atoms with Crippen molar-refractivity contribution in [2.45, 2.75) is 52.5 Å². The summed E-state index contributed by atoms with van der Waals surface area (Å²) in [4.78, 5) is 26.1. The number of benzene rings is 1. The molecular weight excluding hydrogens is 320 g/mol. The lowest BCUT2D eigenvalue weighted by molar-refractivity contribution is -0.115. The SMILES string of the molecule is CCN1c2cc(C)c(/C=C3\SC(=O)NC3=O)cc2C(C)CC1(C)C. The maximum absolute atomic E-state index is 11.8. The fourth-order valence-electron chi connectivity index (χ4n) is 3.97. The highest BCUT2D eigenvalue weighted by Gasteiger charge is 2.35. The average Bonchev–Trinajstić information content (AvgIpc) is 2.78. The standard InChI is InChI=1S/C19H24N2O2S/c1-6-21-15-7-11(2)13(9-16-17(22)20-18(23)24-16)8-14(15)12(3)10-19(21,4)5/h7-9,12H,6,10H2,1-5H3,(H,20,22,23)/b16-9-. The van der Waals surface area contributed by atoms with Gasteiger partial charge in [-0.15, -0.1) is 0 Å². The lowest BCUT2D eigenvalue weighted by Gasteiger charge is -2.47. The number of carbonyl (C=O) groups excluding carboxylic acids is 2. The highest BCUT2D eigenvalue weighted by molar-refractivity contribution is 8.18. The summed E-state index contributed by atoms with van der Waals surface area (Å²) in [5.74, 6) is 0.161. The number of rotatable bonds is 2. The second kappa shape index (κ2) is 5.96. The lowest BCUT2D eigenvalue weighted by Crippen LogP contribution is -2.48. The Kier molecular flexibility index (Phi) is 4.24. The number of nitrogens with zero attached hydrogens (tertiary/aromatic N) is 1. The van der Waals surface area contributed by atoms with E-state index in [1.54, 1.807) is 0 Å². The molecule has 2 heterocycles. The lowest BCUT2D eigenvalue weighted by atomic mass is 9.79. The maximum Gasteiger partial charge on any atom is 0.290 e. The predicted molar refractivity (Wildman–Crippen MR) is 100 cm³/mol. The number of hydrogen-bond acceptors (Lipinski definition) is 4. The molecule has 1 unspecified atom stereocenters. The van der Waals surface area contributed by atoms with Crippen LogP contribution < -0.4 is 10.2 Å². The number of amides is 2. The first-order chi connectivity index (χ1) is 11.2. The van der Waals surface area contributed by atoms with Gasteiger partial charge in [-0.2, -0.15) is 0 Å². The number of thioether (sulfide) groups is 1. The monoisotopic (exact) mass is 344 g/mol. The Hall–Kier alpha value is -1.75. The minimum absolute atomic E-state index is 0.140. The molecule has 1 saturated heterocycles. The third-order valence-electron chi connectivity index (χ3n) is 5.02. The van der Waals surface area contributed by atoms with Gasteiger partial charge in [-0.3, -0.25) is 14.9 Å². The van der Waals surface area contributed by atoms with Crippen molar-refractivity contribution < 1.29 is 9.59 Å². The summed E-state index contributed by atoms with van der Waals surface area (Å²) in [6, 6.07) is 4.42. The highest BCUT2D eigenvalue weighted by Crippen LogP contribution is 2.44. The average molecular weight is 344 g/mol. The summed E-state index contributed by atoms with van der Waals surface area (Å²) in [7, 11) is 0. The Morgan fingerprint density at radius 3 is 2.67 bits per heavy atom. The van der Waals surface area contributed by atoms with Gasteiger partial charge >= 0.3 is 0 Å². The number of nitrogens with one attached hydrogen (secondary N) is 1. The summed E-state index contributed by atoms with van der Waals surface area (Å²) in [5.41, 5.74) is 4.89. The third kappa shape index (κ3) is 2.86. The van der Waals surface area contributed by atoms with Crippen LogP contribution in [0.1, 0.15) is 56.7 Å². The highest BCUT2D eigenvalue weighted by atomic mass is 32.2. The molecule has 2 aliphatic heterocycles. The number of carbonyl (C=O) groups is 2. The summed E-state index contributed by atoms with van der Waals surface area (Å²) in [5, 5.41) is 2.02. The number of imide groups is 1. The van der Waals surface area contributed by atoms with E-state index in [1.165, 1.54) is 11.3 Å². The number of fused-ring (bicyclic) bond motifs is 1. The van der Waals surface area contributed by atoms with Gasteiger partial charge in [0.15, 0.2) is 0 Å². The molecule has 0 saturated carbocycles. The van der Waals surface area contributed by atoms with E-state index in [0.717, 1.165) is 35.9 Å². The van der Waals surface area contributed by atoms with Crippen molar-refractivity contribution in [2.75, 3.05) is 11.4 Å². The molecule has 1 aromatic rings. The second-order valence-corrected chi connectivity index (χ2v) is 8.30. The van der Waals surface area contributed by atoms with Crippen molar-refractivity contribution >= 4 is 34.7 Å². The van der Waals surface area contributed by atoms with Crippen LogP contribution in [0.15, 0.2) is 17.0 Å². The van der Waals surface area contributed by atoms with E-state index in [9.17, 15) is 9.59 Å². The molecule has 2 aliphatic rings. The zero-order valence-corrected chi connectivity index (χ0v) is 15.7. The summed E-state index contributed by atoms with van der Waals surface area (Å²) in [6.07, 6.45) is 2.93. The molecule has 0 bridgehead atoms. The molecule has 0 spiro atoms. The maximum atomic E-state index is 11.8. The van der Waals surface area contributed by atoms with E-state index in [2.05, 4.69) is 57.0 Å². The van der Waals surface area contributed by atoms with Gasteiger partial charge in [0.2, 0.25) is 0 Å². The fraction of sp³-hybridized carbons (Fsp3) is 0.474. The third-order valence-corrected chi connectivity index (χ3v) is 5.83. The molecule has 128 valence electrons. The van der Waals surface area contributed by atoms with Gasteiger partial charge in [0.05, 0.1) is 4.91 Å². The van der Waals surface area contributed by atoms with E-state index in [0.29, 0.717) is 10.8 Å². The molecule has 4 nitrogen and oxygen atoms in total. The molecule has 1 atom stereocenters. The van der Waals surface area contributed by atoms with Crippen LogP contribution in [0, 0.1) is 6.92 Å². The minimum Gasteiger partial charge on any atom is -0.366 e. The Morgan fingerprint density at radius 2 is 2.08 bits per heavy atom. The van der Waals surface area contributed by atoms with Gasteiger partial charge in [-0.05, 0) is 86.7 Å². The quantitative estimate of drug-likeness (QED) is 0.806.